The fraction of sp³-hybridized carbons (Fsp3) is 0.250. The minimum absolute atomic E-state index is 0.0498. The van der Waals surface area contributed by atoms with Crippen LogP contribution in [0.4, 0.5) is 5.95 Å². The molecule has 1 aromatic heterocycles. The van der Waals surface area contributed by atoms with Crippen LogP contribution in [0.2, 0.25) is 0 Å². The quantitative estimate of drug-likeness (QED) is 0.444. The summed E-state index contributed by atoms with van der Waals surface area (Å²) in [6.45, 7) is 0.242. The van der Waals surface area contributed by atoms with Crippen LogP contribution in [0, 0.1) is 0 Å². The second kappa shape index (κ2) is 9.38. The Morgan fingerprint density at radius 1 is 1.10 bits per heavy atom. The van der Waals surface area contributed by atoms with Crippen molar-refractivity contribution in [3.8, 4) is 11.1 Å². The largest absolute Gasteiger partial charge is 0.481 e. The van der Waals surface area contributed by atoms with E-state index in [4.69, 9.17) is 15.7 Å². The van der Waals surface area contributed by atoms with Gasteiger partial charge in [-0.25, -0.2) is 9.97 Å². The average molecular weight is 416 g/mol. The molecule has 0 radical (unpaired) electrons. The summed E-state index contributed by atoms with van der Waals surface area (Å²) < 4.78 is 0. The lowest BCUT2D eigenvalue weighted by Gasteiger charge is -2.27. The van der Waals surface area contributed by atoms with E-state index in [0.29, 0.717) is 12.8 Å². The van der Waals surface area contributed by atoms with Crippen LogP contribution in [0.15, 0.2) is 65.9 Å². The van der Waals surface area contributed by atoms with Gasteiger partial charge in [-0.3, -0.25) is 4.79 Å². The molecule has 7 heteroatoms. The second-order valence-electron chi connectivity index (χ2n) is 7.52. The molecule has 158 valence electrons. The predicted octanol–water partition coefficient (Wildman–Crippen LogP) is 4.04. The van der Waals surface area contributed by atoms with E-state index in [0.717, 1.165) is 29.0 Å². The lowest BCUT2D eigenvalue weighted by Crippen LogP contribution is -2.22. The molecule has 0 bridgehead atoms. The lowest BCUT2D eigenvalue weighted by atomic mass is 9.79. The van der Waals surface area contributed by atoms with Crippen molar-refractivity contribution in [2.45, 2.75) is 31.6 Å². The number of carbonyl (C=O) groups is 1. The summed E-state index contributed by atoms with van der Waals surface area (Å²) in [5, 5.41) is 13.1. The molecule has 1 heterocycles. The van der Waals surface area contributed by atoms with E-state index in [2.05, 4.69) is 39.4 Å². The Morgan fingerprint density at radius 3 is 2.68 bits per heavy atom. The topological polar surface area (TPSA) is 111 Å². The van der Waals surface area contributed by atoms with Gasteiger partial charge in [0.1, 0.15) is 6.61 Å². The highest BCUT2D eigenvalue weighted by molar-refractivity contribution is 6.02. The van der Waals surface area contributed by atoms with Crippen molar-refractivity contribution in [1.82, 2.24) is 9.97 Å². The molecule has 0 saturated heterocycles. The summed E-state index contributed by atoms with van der Waals surface area (Å²) >= 11 is 0. The average Bonchev–Trinajstić information content (AvgIpc) is 2.78. The molecule has 0 fully saturated rings. The number of oxime groups is 1. The number of hydrogen-bond donors (Lipinski definition) is 2. The molecule has 31 heavy (non-hydrogen) atoms. The zero-order chi connectivity index (χ0) is 21.6. The highest BCUT2D eigenvalue weighted by Gasteiger charge is 2.28. The van der Waals surface area contributed by atoms with E-state index in [1.54, 1.807) is 6.20 Å². The molecule has 2 aromatic carbocycles. The van der Waals surface area contributed by atoms with Gasteiger partial charge < -0.3 is 15.7 Å². The summed E-state index contributed by atoms with van der Waals surface area (Å²) in [5.41, 5.74) is 11.8. The van der Waals surface area contributed by atoms with Crippen LogP contribution in [0.3, 0.4) is 0 Å². The van der Waals surface area contributed by atoms with Crippen LogP contribution in [-0.2, 0) is 16.1 Å². The smallest absolute Gasteiger partial charge is 0.303 e. The summed E-state index contributed by atoms with van der Waals surface area (Å²) in [6, 6.07) is 18.7. The summed E-state index contributed by atoms with van der Waals surface area (Å²) in [5.74, 6) is -0.460. The second-order valence-corrected chi connectivity index (χ2v) is 7.52. The van der Waals surface area contributed by atoms with Crippen LogP contribution >= 0.6 is 0 Å². The van der Waals surface area contributed by atoms with E-state index in [1.807, 2.05) is 30.3 Å². The molecule has 3 aromatic rings. The van der Waals surface area contributed by atoms with Crippen molar-refractivity contribution in [2.24, 2.45) is 5.16 Å². The lowest BCUT2D eigenvalue weighted by molar-refractivity contribution is -0.137. The third kappa shape index (κ3) is 4.88. The number of nitrogen functional groups attached to an aromatic ring is 1. The fourth-order valence-electron chi connectivity index (χ4n) is 3.93. The van der Waals surface area contributed by atoms with Crippen molar-refractivity contribution >= 4 is 17.6 Å². The number of anilines is 1. The first-order chi connectivity index (χ1) is 15.1. The van der Waals surface area contributed by atoms with Gasteiger partial charge in [0.15, 0.2) is 0 Å². The van der Waals surface area contributed by atoms with Crippen molar-refractivity contribution in [2.75, 3.05) is 12.3 Å². The number of carboxylic acids is 1. The third-order valence-electron chi connectivity index (χ3n) is 5.36. The number of aliphatic carboxylic acids is 1. The Balaban J connectivity index is 1.64. The number of aromatic nitrogens is 2. The van der Waals surface area contributed by atoms with Crippen molar-refractivity contribution in [3.63, 3.8) is 0 Å². The molecule has 4 rings (SSSR count). The molecule has 0 spiro atoms. The van der Waals surface area contributed by atoms with E-state index < -0.39 is 5.97 Å². The van der Waals surface area contributed by atoms with Crippen LogP contribution in [0.1, 0.15) is 42.0 Å². The number of nitrogens with zero attached hydrogens (tertiary/aromatic N) is 3. The monoisotopic (exact) mass is 416 g/mol. The molecule has 1 atom stereocenters. The first-order valence-corrected chi connectivity index (χ1v) is 10.3. The SMILES string of the molecule is Nc1ncc2c(n1)CC(c1ccccc1-c1ccccc1)C/C2=N\OCCCC(=O)O. The molecular weight excluding hydrogens is 392 g/mol. The molecule has 3 N–H and O–H groups in total. The summed E-state index contributed by atoms with van der Waals surface area (Å²) in [6.07, 6.45) is 3.54. The normalized spacial score (nSPS) is 16.6. The number of nitrogens with two attached hydrogens (primary N) is 1. The Hall–Kier alpha value is -3.74. The Labute approximate surface area is 180 Å². The van der Waals surface area contributed by atoms with Crippen molar-refractivity contribution < 1.29 is 14.7 Å². The van der Waals surface area contributed by atoms with E-state index in [9.17, 15) is 4.79 Å². The Kier molecular flexibility index (Phi) is 6.21. The van der Waals surface area contributed by atoms with Gasteiger partial charge in [-0.05, 0) is 35.4 Å². The molecule has 0 aliphatic heterocycles. The maximum atomic E-state index is 10.7. The molecule has 1 unspecified atom stereocenters. The zero-order valence-electron chi connectivity index (χ0n) is 17.1. The maximum absolute atomic E-state index is 10.7. The van der Waals surface area contributed by atoms with Gasteiger partial charge in [0.25, 0.3) is 0 Å². The summed E-state index contributed by atoms with van der Waals surface area (Å²) in [7, 11) is 0. The minimum Gasteiger partial charge on any atom is -0.481 e. The van der Waals surface area contributed by atoms with Gasteiger partial charge in [-0.15, -0.1) is 0 Å². The van der Waals surface area contributed by atoms with Crippen LogP contribution < -0.4 is 5.73 Å². The molecule has 0 amide bonds. The highest BCUT2D eigenvalue weighted by atomic mass is 16.6. The van der Waals surface area contributed by atoms with Crippen LogP contribution in [0.25, 0.3) is 11.1 Å². The van der Waals surface area contributed by atoms with E-state index in [-0.39, 0.29) is 24.9 Å². The summed E-state index contributed by atoms with van der Waals surface area (Å²) in [4.78, 5) is 24.7. The van der Waals surface area contributed by atoms with Crippen LogP contribution in [-0.4, -0.2) is 33.4 Å². The molecule has 0 saturated carbocycles. The van der Waals surface area contributed by atoms with Gasteiger partial charge in [0.05, 0.1) is 11.4 Å². The molecule has 1 aliphatic rings. The highest BCUT2D eigenvalue weighted by Crippen LogP contribution is 2.37. The number of benzene rings is 2. The van der Waals surface area contributed by atoms with Crippen LogP contribution in [0.5, 0.6) is 0 Å². The Bertz CT molecular complexity index is 1100. The Morgan fingerprint density at radius 2 is 1.87 bits per heavy atom. The van der Waals surface area contributed by atoms with Gasteiger partial charge in [-0.2, -0.15) is 0 Å². The number of hydrogen-bond acceptors (Lipinski definition) is 6. The molecule has 7 nitrogen and oxygen atoms in total. The zero-order valence-corrected chi connectivity index (χ0v) is 17.1. The number of carboxylic acid groups (broad SMARTS) is 1. The molecular formula is C24H24N4O3. The standard InChI is InChI=1S/C24H24N4O3/c25-24-26-15-20-21(27-24)13-17(14-22(20)28-31-12-6-11-23(29)30)19-10-5-4-9-18(19)16-7-2-1-3-8-16/h1-5,7-10,15,17H,6,11-14H2,(H,29,30)(H2,25,26,27)/b28-22+. The van der Waals surface area contributed by atoms with Gasteiger partial charge >= 0.3 is 5.97 Å². The maximum Gasteiger partial charge on any atom is 0.303 e. The van der Waals surface area contributed by atoms with E-state index in [1.165, 1.54) is 11.1 Å². The van der Waals surface area contributed by atoms with Gasteiger partial charge in [-0.1, -0.05) is 59.8 Å². The third-order valence-corrected chi connectivity index (χ3v) is 5.36. The fourth-order valence-corrected chi connectivity index (χ4v) is 3.93. The van der Waals surface area contributed by atoms with E-state index >= 15 is 0 Å². The van der Waals surface area contributed by atoms with Crippen molar-refractivity contribution in [3.05, 3.63) is 77.6 Å². The first kappa shape index (κ1) is 20.5. The first-order valence-electron chi connectivity index (χ1n) is 10.3. The number of rotatable bonds is 7. The van der Waals surface area contributed by atoms with Crippen molar-refractivity contribution in [1.29, 1.82) is 0 Å². The minimum atomic E-state index is -0.847. The van der Waals surface area contributed by atoms with Gasteiger partial charge in [0.2, 0.25) is 5.95 Å². The van der Waals surface area contributed by atoms with Gasteiger partial charge in [0, 0.05) is 24.6 Å². The predicted molar refractivity (Wildman–Crippen MR) is 119 cm³/mol. The molecule has 1 aliphatic carbocycles. The number of fused-ring (bicyclic) bond motifs is 1.